The van der Waals surface area contributed by atoms with Gasteiger partial charge in [0.05, 0.1) is 0 Å². The van der Waals surface area contributed by atoms with Gasteiger partial charge in [0.1, 0.15) is 0 Å². The molecule has 0 aromatic rings. The summed E-state index contributed by atoms with van der Waals surface area (Å²) in [6.07, 6.45) is 44.0. The lowest BCUT2D eigenvalue weighted by molar-refractivity contribution is 0.259. The van der Waals surface area contributed by atoms with Crippen molar-refractivity contribution >= 4 is 0 Å². The third-order valence-corrected chi connectivity index (χ3v) is 9.31. The van der Waals surface area contributed by atoms with Crippen molar-refractivity contribution in [3.63, 3.8) is 0 Å². The predicted molar refractivity (Wildman–Crippen MR) is 190 cm³/mol. The number of rotatable bonds is 33. The van der Waals surface area contributed by atoms with E-state index < -0.39 is 0 Å². The molecule has 0 spiro atoms. The highest BCUT2D eigenvalue weighted by atomic mass is 15.0. The van der Waals surface area contributed by atoms with Crippen molar-refractivity contribution in [2.24, 2.45) is 11.8 Å². The molecule has 1 heteroatoms. The van der Waals surface area contributed by atoms with E-state index in [2.05, 4.69) is 58.5 Å². The summed E-state index contributed by atoms with van der Waals surface area (Å²) in [5.74, 6) is 1.74. The Morgan fingerprint density at radius 2 is 0.976 bits per heavy atom. The Balaban J connectivity index is 4.99. The Kier molecular flexibility index (Phi) is 31.9. The Morgan fingerprint density at radius 1 is 0.512 bits per heavy atom. The molecule has 0 aromatic carbocycles. The maximum atomic E-state index is 4.63. The molecule has 41 heavy (non-hydrogen) atoms. The average Bonchev–Trinajstić information content (AvgIpc) is 2.95. The molecular formula is C40H79N. The van der Waals surface area contributed by atoms with Crippen molar-refractivity contribution < 1.29 is 0 Å². The largest absolute Gasteiger partial charge is 0.309 e. The third kappa shape index (κ3) is 29.3. The zero-order chi connectivity index (χ0) is 30.2. The smallest absolute Gasteiger partial charge is 0.00247 e. The van der Waals surface area contributed by atoms with E-state index in [9.17, 15) is 0 Å². The zero-order valence-corrected chi connectivity index (χ0v) is 29.5. The maximum absolute atomic E-state index is 4.63. The van der Waals surface area contributed by atoms with Gasteiger partial charge in [-0.2, -0.15) is 0 Å². The average molecular weight is 574 g/mol. The van der Waals surface area contributed by atoms with E-state index in [0.717, 1.165) is 11.8 Å². The summed E-state index contributed by atoms with van der Waals surface area (Å²) in [4.78, 5) is 2.32. The van der Waals surface area contributed by atoms with Crippen molar-refractivity contribution in [1.29, 1.82) is 0 Å². The quantitative estimate of drug-likeness (QED) is 0.0557. The van der Waals surface area contributed by atoms with Gasteiger partial charge in [-0.25, -0.2) is 0 Å². The standard InChI is InChI=1S/C40H79N/c1-7-10-13-16-19-22-24-27-33-39(34-28-25-23-20-17-14-11-8-2)40(35-29-26-21-18-15-12-9-3)37-38(4)32-30-31-36-41(5)6/h21,26,39-40H,4,7-20,22-25,27-37H2,1-3,5-6H3/b26-21+. The van der Waals surface area contributed by atoms with Crippen LogP contribution in [-0.2, 0) is 0 Å². The molecule has 0 saturated carbocycles. The van der Waals surface area contributed by atoms with Crippen LogP contribution in [-0.4, -0.2) is 25.5 Å². The van der Waals surface area contributed by atoms with Crippen LogP contribution in [0.2, 0.25) is 0 Å². The van der Waals surface area contributed by atoms with E-state index >= 15 is 0 Å². The minimum atomic E-state index is 0.839. The predicted octanol–water partition coefficient (Wildman–Crippen LogP) is 13.9. The van der Waals surface area contributed by atoms with E-state index in [0.29, 0.717) is 0 Å². The molecule has 0 N–H and O–H groups in total. The second-order valence-corrected chi connectivity index (χ2v) is 13.8. The highest BCUT2D eigenvalue weighted by Gasteiger charge is 2.21. The lowest BCUT2D eigenvalue weighted by Gasteiger charge is -2.28. The zero-order valence-electron chi connectivity index (χ0n) is 29.5. The van der Waals surface area contributed by atoms with Gasteiger partial charge in [-0.3, -0.25) is 0 Å². The Labute approximate surface area is 261 Å². The van der Waals surface area contributed by atoms with Crippen LogP contribution in [0.1, 0.15) is 201 Å². The molecule has 1 atom stereocenters. The molecule has 0 aliphatic heterocycles. The molecule has 0 radical (unpaired) electrons. The SMILES string of the molecule is C=C(CCCCN(C)C)CC(CC/C=C/CCCCC)C(CCCCCCCCCC)CCCCCCCCCC. The summed E-state index contributed by atoms with van der Waals surface area (Å²) in [6, 6.07) is 0. The van der Waals surface area contributed by atoms with Gasteiger partial charge >= 0.3 is 0 Å². The molecule has 0 aliphatic carbocycles. The van der Waals surface area contributed by atoms with Crippen LogP contribution in [0.4, 0.5) is 0 Å². The van der Waals surface area contributed by atoms with Gasteiger partial charge in [0, 0.05) is 0 Å². The number of hydrogen-bond acceptors (Lipinski definition) is 1. The minimum Gasteiger partial charge on any atom is -0.309 e. The molecule has 1 nitrogen and oxygen atoms in total. The van der Waals surface area contributed by atoms with E-state index in [-0.39, 0.29) is 0 Å². The summed E-state index contributed by atoms with van der Waals surface area (Å²) in [5.41, 5.74) is 1.54. The van der Waals surface area contributed by atoms with Crippen LogP contribution in [0.15, 0.2) is 24.3 Å². The van der Waals surface area contributed by atoms with Crippen molar-refractivity contribution in [3.8, 4) is 0 Å². The molecule has 0 bridgehead atoms. The molecule has 0 amide bonds. The van der Waals surface area contributed by atoms with E-state index in [1.165, 1.54) is 192 Å². The monoisotopic (exact) mass is 574 g/mol. The summed E-state index contributed by atoms with van der Waals surface area (Å²) in [6.45, 7) is 12.8. The Bertz CT molecular complexity index is 527. The number of allylic oxidation sites excluding steroid dienone is 3. The van der Waals surface area contributed by atoms with E-state index in [1.54, 1.807) is 0 Å². The van der Waals surface area contributed by atoms with Crippen LogP contribution in [0, 0.1) is 11.8 Å². The minimum absolute atomic E-state index is 0.839. The first-order valence-corrected chi connectivity index (χ1v) is 19.0. The van der Waals surface area contributed by atoms with Gasteiger partial charge in [-0.05, 0) is 83.8 Å². The Hall–Kier alpha value is -0.560. The molecule has 0 rings (SSSR count). The summed E-state index contributed by atoms with van der Waals surface area (Å²) in [7, 11) is 4.39. The highest BCUT2D eigenvalue weighted by Crippen LogP contribution is 2.34. The first-order valence-electron chi connectivity index (χ1n) is 19.0. The van der Waals surface area contributed by atoms with Gasteiger partial charge in [0.2, 0.25) is 0 Å². The second kappa shape index (κ2) is 32.4. The first-order chi connectivity index (χ1) is 20.0. The summed E-state index contributed by atoms with van der Waals surface area (Å²) in [5, 5.41) is 0. The van der Waals surface area contributed by atoms with Crippen LogP contribution in [0.3, 0.4) is 0 Å². The number of unbranched alkanes of at least 4 members (excludes halogenated alkanes) is 18. The molecule has 244 valence electrons. The van der Waals surface area contributed by atoms with Crippen molar-refractivity contribution in [1.82, 2.24) is 4.90 Å². The van der Waals surface area contributed by atoms with Gasteiger partial charge in [-0.15, -0.1) is 0 Å². The molecule has 1 unspecified atom stereocenters. The maximum Gasteiger partial charge on any atom is -0.00247 e. The van der Waals surface area contributed by atoms with E-state index in [1.807, 2.05) is 0 Å². The van der Waals surface area contributed by atoms with Crippen molar-refractivity contribution in [2.45, 2.75) is 201 Å². The van der Waals surface area contributed by atoms with Gasteiger partial charge in [0.25, 0.3) is 0 Å². The third-order valence-electron chi connectivity index (χ3n) is 9.31. The van der Waals surface area contributed by atoms with Gasteiger partial charge in [-0.1, -0.05) is 173 Å². The molecule has 0 aromatic heterocycles. The molecule has 0 heterocycles. The van der Waals surface area contributed by atoms with Gasteiger partial charge in [0.15, 0.2) is 0 Å². The fraction of sp³-hybridized carbons (Fsp3) is 0.900. The van der Waals surface area contributed by atoms with Crippen LogP contribution in [0.5, 0.6) is 0 Å². The topological polar surface area (TPSA) is 3.24 Å². The van der Waals surface area contributed by atoms with Crippen LogP contribution >= 0.6 is 0 Å². The molecule has 0 aliphatic rings. The van der Waals surface area contributed by atoms with E-state index in [4.69, 9.17) is 0 Å². The van der Waals surface area contributed by atoms with Crippen molar-refractivity contribution in [3.05, 3.63) is 24.3 Å². The highest BCUT2D eigenvalue weighted by molar-refractivity contribution is 4.97. The number of nitrogens with zero attached hydrogens (tertiary/aromatic N) is 1. The first kappa shape index (κ1) is 40.4. The normalized spacial score (nSPS) is 12.8. The van der Waals surface area contributed by atoms with Crippen molar-refractivity contribution in [2.75, 3.05) is 20.6 Å². The fourth-order valence-electron chi connectivity index (χ4n) is 6.54. The lowest BCUT2D eigenvalue weighted by atomic mass is 9.77. The number of hydrogen-bond donors (Lipinski definition) is 0. The second-order valence-electron chi connectivity index (χ2n) is 13.8. The lowest BCUT2D eigenvalue weighted by Crippen LogP contribution is -2.17. The fourth-order valence-corrected chi connectivity index (χ4v) is 6.54. The van der Waals surface area contributed by atoms with Crippen LogP contribution in [0.25, 0.3) is 0 Å². The van der Waals surface area contributed by atoms with Crippen LogP contribution < -0.4 is 0 Å². The van der Waals surface area contributed by atoms with Gasteiger partial charge < -0.3 is 4.90 Å². The summed E-state index contributed by atoms with van der Waals surface area (Å²) >= 11 is 0. The Morgan fingerprint density at radius 3 is 1.49 bits per heavy atom. The molecule has 0 saturated heterocycles. The summed E-state index contributed by atoms with van der Waals surface area (Å²) < 4.78 is 0. The molecule has 0 fully saturated rings. The molecular weight excluding hydrogens is 494 g/mol.